The Morgan fingerprint density at radius 3 is 2.61 bits per heavy atom. The second kappa shape index (κ2) is 6.18. The molecule has 1 amide bonds. The molecule has 0 aliphatic carbocycles. The maximum atomic E-state index is 11.6. The van der Waals surface area contributed by atoms with Gasteiger partial charge in [-0.05, 0) is 19.8 Å². The Labute approximate surface area is 105 Å². The quantitative estimate of drug-likeness (QED) is 0.800. The SMILES string of the molecule is Cc1noc(C)c1C(C)CC(=O)NCCC(=O)O. The molecular formula is C12H18N2O4. The maximum Gasteiger partial charge on any atom is 0.305 e. The van der Waals surface area contributed by atoms with Gasteiger partial charge in [-0.15, -0.1) is 0 Å². The summed E-state index contributed by atoms with van der Waals surface area (Å²) in [6, 6.07) is 0. The van der Waals surface area contributed by atoms with Crippen molar-refractivity contribution >= 4 is 11.9 Å². The zero-order valence-corrected chi connectivity index (χ0v) is 10.8. The molecule has 0 aromatic carbocycles. The van der Waals surface area contributed by atoms with Crippen molar-refractivity contribution in [3.63, 3.8) is 0 Å². The molecule has 0 aliphatic heterocycles. The lowest BCUT2D eigenvalue weighted by atomic mass is 9.96. The molecule has 0 bridgehead atoms. The number of carbonyl (C=O) groups excluding carboxylic acids is 1. The average Bonchev–Trinajstić information content (AvgIpc) is 2.57. The standard InChI is InChI=1S/C12H18N2O4/c1-7(12-8(2)14-18-9(12)3)6-10(15)13-5-4-11(16)17/h7H,4-6H2,1-3H3,(H,13,15)(H,16,17). The van der Waals surface area contributed by atoms with E-state index in [1.807, 2.05) is 20.8 Å². The van der Waals surface area contributed by atoms with Gasteiger partial charge < -0.3 is 14.9 Å². The van der Waals surface area contributed by atoms with Crippen molar-refractivity contribution in [2.45, 2.75) is 39.5 Å². The molecular weight excluding hydrogens is 236 g/mol. The highest BCUT2D eigenvalue weighted by Gasteiger charge is 2.19. The second-order valence-electron chi connectivity index (χ2n) is 4.34. The molecule has 0 saturated carbocycles. The van der Waals surface area contributed by atoms with E-state index in [0.717, 1.165) is 17.0 Å². The van der Waals surface area contributed by atoms with Gasteiger partial charge in [0.1, 0.15) is 5.76 Å². The van der Waals surface area contributed by atoms with Crippen molar-refractivity contribution in [2.24, 2.45) is 0 Å². The Bertz CT molecular complexity index is 420. The van der Waals surface area contributed by atoms with E-state index in [1.165, 1.54) is 0 Å². The van der Waals surface area contributed by atoms with Crippen LogP contribution in [0.3, 0.4) is 0 Å². The fraction of sp³-hybridized carbons (Fsp3) is 0.583. The number of aliphatic carboxylic acids is 1. The highest BCUT2D eigenvalue weighted by Crippen LogP contribution is 2.25. The summed E-state index contributed by atoms with van der Waals surface area (Å²) in [5.41, 5.74) is 1.74. The van der Waals surface area contributed by atoms with Crippen LogP contribution in [-0.2, 0) is 9.59 Å². The van der Waals surface area contributed by atoms with Crippen LogP contribution >= 0.6 is 0 Å². The number of amides is 1. The molecule has 0 radical (unpaired) electrons. The Balaban J connectivity index is 2.47. The predicted molar refractivity (Wildman–Crippen MR) is 64.3 cm³/mol. The minimum absolute atomic E-state index is 0.000998. The van der Waals surface area contributed by atoms with Gasteiger partial charge >= 0.3 is 5.97 Å². The number of nitrogens with zero attached hydrogens (tertiary/aromatic N) is 1. The molecule has 0 spiro atoms. The monoisotopic (exact) mass is 254 g/mol. The fourth-order valence-corrected chi connectivity index (χ4v) is 1.95. The van der Waals surface area contributed by atoms with Crippen LogP contribution in [0.5, 0.6) is 0 Å². The van der Waals surface area contributed by atoms with Crippen LogP contribution in [0.4, 0.5) is 0 Å². The normalized spacial score (nSPS) is 12.2. The number of carbonyl (C=O) groups is 2. The Hall–Kier alpha value is -1.85. The third-order valence-corrected chi connectivity index (χ3v) is 2.73. The number of rotatable bonds is 6. The lowest BCUT2D eigenvalue weighted by Crippen LogP contribution is -2.27. The molecule has 1 aromatic rings. The minimum Gasteiger partial charge on any atom is -0.481 e. The molecule has 2 N–H and O–H groups in total. The summed E-state index contributed by atoms with van der Waals surface area (Å²) in [6.07, 6.45) is 0.230. The highest BCUT2D eigenvalue weighted by atomic mass is 16.5. The molecule has 18 heavy (non-hydrogen) atoms. The number of hydrogen-bond donors (Lipinski definition) is 2. The maximum absolute atomic E-state index is 11.6. The van der Waals surface area contributed by atoms with Crippen LogP contribution in [0.2, 0.25) is 0 Å². The van der Waals surface area contributed by atoms with E-state index in [0.29, 0.717) is 6.42 Å². The van der Waals surface area contributed by atoms with Crippen molar-refractivity contribution < 1.29 is 19.2 Å². The smallest absolute Gasteiger partial charge is 0.305 e. The molecule has 6 nitrogen and oxygen atoms in total. The summed E-state index contributed by atoms with van der Waals surface area (Å²) in [5.74, 6) is -0.364. The molecule has 1 aromatic heterocycles. The fourth-order valence-electron chi connectivity index (χ4n) is 1.95. The number of carboxylic acids is 1. The number of nitrogens with one attached hydrogen (secondary N) is 1. The largest absolute Gasteiger partial charge is 0.481 e. The lowest BCUT2D eigenvalue weighted by Gasteiger charge is -2.10. The Morgan fingerprint density at radius 2 is 2.11 bits per heavy atom. The van der Waals surface area contributed by atoms with Crippen LogP contribution in [0, 0.1) is 13.8 Å². The lowest BCUT2D eigenvalue weighted by molar-refractivity contribution is -0.136. The van der Waals surface area contributed by atoms with Crippen LogP contribution in [-0.4, -0.2) is 28.7 Å². The van der Waals surface area contributed by atoms with Gasteiger partial charge in [0.05, 0.1) is 12.1 Å². The van der Waals surface area contributed by atoms with Gasteiger partial charge in [-0.3, -0.25) is 9.59 Å². The Morgan fingerprint density at radius 1 is 1.44 bits per heavy atom. The first-order valence-electron chi connectivity index (χ1n) is 5.83. The van der Waals surface area contributed by atoms with Gasteiger partial charge in [-0.1, -0.05) is 12.1 Å². The molecule has 0 fully saturated rings. The van der Waals surface area contributed by atoms with E-state index < -0.39 is 5.97 Å². The van der Waals surface area contributed by atoms with Gasteiger partial charge in [0.25, 0.3) is 0 Å². The second-order valence-corrected chi connectivity index (χ2v) is 4.34. The summed E-state index contributed by atoms with van der Waals surface area (Å²) in [7, 11) is 0. The molecule has 1 rings (SSSR count). The molecule has 0 aliphatic rings. The highest BCUT2D eigenvalue weighted by molar-refractivity contribution is 5.77. The molecule has 6 heteroatoms. The van der Waals surface area contributed by atoms with Crippen LogP contribution in [0.15, 0.2) is 4.52 Å². The Kier molecular flexibility index (Phi) is 4.88. The van der Waals surface area contributed by atoms with Crippen molar-refractivity contribution in [2.75, 3.05) is 6.54 Å². The molecule has 100 valence electrons. The third-order valence-electron chi connectivity index (χ3n) is 2.73. The topological polar surface area (TPSA) is 92.4 Å². The van der Waals surface area contributed by atoms with E-state index in [9.17, 15) is 9.59 Å². The van der Waals surface area contributed by atoms with Gasteiger partial charge in [-0.25, -0.2) is 0 Å². The van der Waals surface area contributed by atoms with Crippen molar-refractivity contribution in [3.05, 3.63) is 17.0 Å². The van der Waals surface area contributed by atoms with E-state index in [2.05, 4.69) is 10.5 Å². The first kappa shape index (κ1) is 14.2. The number of carboxylic acid groups (broad SMARTS) is 1. The number of aromatic nitrogens is 1. The molecule has 0 saturated heterocycles. The summed E-state index contributed by atoms with van der Waals surface area (Å²) in [5, 5.41) is 14.9. The van der Waals surface area contributed by atoms with Gasteiger partial charge in [0, 0.05) is 18.5 Å². The van der Waals surface area contributed by atoms with Gasteiger partial charge in [-0.2, -0.15) is 0 Å². The van der Waals surface area contributed by atoms with E-state index in [4.69, 9.17) is 9.63 Å². The van der Waals surface area contributed by atoms with Crippen molar-refractivity contribution in [3.8, 4) is 0 Å². The summed E-state index contributed by atoms with van der Waals surface area (Å²) >= 11 is 0. The first-order chi connectivity index (χ1) is 8.41. The van der Waals surface area contributed by atoms with Crippen LogP contribution < -0.4 is 5.32 Å². The molecule has 1 atom stereocenters. The van der Waals surface area contributed by atoms with Gasteiger partial charge in [0.2, 0.25) is 5.91 Å². The summed E-state index contributed by atoms with van der Waals surface area (Å²) in [6.45, 7) is 5.73. The number of hydrogen-bond acceptors (Lipinski definition) is 4. The minimum atomic E-state index is -0.922. The van der Waals surface area contributed by atoms with Gasteiger partial charge in [0.15, 0.2) is 0 Å². The number of aryl methyl sites for hydroxylation is 2. The van der Waals surface area contributed by atoms with E-state index in [1.54, 1.807) is 0 Å². The van der Waals surface area contributed by atoms with Crippen molar-refractivity contribution in [1.29, 1.82) is 0 Å². The van der Waals surface area contributed by atoms with E-state index in [-0.39, 0.29) is 24.8 Å². The zero-order chi connectivity index (χ0) is 13.7. The molecule has 1 heterocycles. The van der Waals surface area contributed by atoms with Crippen LogP contribution in [0.1, 0.15) is 42.7 Å². The molecule has 1 unspecified atom stereocenters. The third kappa shape index (κ3) is 3.87. The zero-order valence-electron chi connectivity index (χ0n) is 10.8. The average molecular weight is 254 g/mol. The van der Waals surface area contributed by atoms with Crippen LogP contribution in [0.25, 0.3) is 0 Å². The van der Waals surface area contributed by atoms with Crippen molar-refractivity contribution in [1.82, 2.24) is 10.5 Å². The first-order valence-corrected chi connectivity index (χ1v) is 5.83. The summed E-state index contributed by atoms with van der Waals surface area (Å²) in [4.78, 5) is 21.9. The summed E-state index contributed by atoms with van der Waals surface area (Å²) < 4.78 is 5.05. The predicted octanol–water partition coefficient (Wildman–Crippen LogP) is 1.38. The van der Waals surface area contributed by atoms with E-state index >= 15 is 0 Å².